The average Bonchev–Trinajstić information content (AvgIpc) is 2.67. The largest absolute Gasteiger partial charge is 0.444 e. The maximum absolute atomic E-state index is 13.1. The predicted octanol–water partition coefficient (Wildman–Crippen LogP) is 4.58. The van der Waals surface area contributed by atoms with Crippen molar-refractivity contribution in [3.05, 3.63) is 46.5 Å². The van der Waals surface area contributed by atoms with Crippen LogP contribution in [0.5, 0.6) is 0 Å². The Bertz CT molecular complexity index is 950. The number of carbonyl (C=O) groups is 4. The first-order chi connectivity index (χ1) is 15.3. The van der Waals surface area contributed by atoms with Gasteiger partial charge in [0.1, 0.15) is 11.2 Å². The fraction of sp³-hybridized carbons (Fsp3) is 0.520. The van der Waals surface area contributed by atoms with Crippen molar-refractivity contribution in [3.63, 3.8) is 0 Å². The number of rotatable bonds is 7. The van der Waals surface area contributed by atoms with Gasteiger partial charge in [-0.1, -0.05) is 24.3 Å². The Morgan fingerprint density at radius 2 is 1.15 bits per heavy atom. The molecule has 8 heteroatoms. The highest BCUT2D eigenvalue weighted by Crippen LogP contribution is 2.30. The molecule has 180 valence electrons. The van der Waals surface area contributed by atoms with E-state index in [1.807, 2.05) is 0 Å². The third kappa shape index (κ3) is 8.04. The van der Waals surface area contributed by atoms with Crippen molar-refractivity contribution in [3.8, 4) is 0 Å². The lowest BCUT2D eigenvalue weighted by Crippen LogP contribution is -2.34. The van der Waals surface area contributed by atoms with Crippen LogP contribution in [-0.4, -0.2) is 48.0 Å². The van der Waals surface area contributed by atoms with Gasteiger partial charge in [-0.25, -0.2) is 9.59 Å². The highest BCUT2D eigenvalue weighted by atomic mass is 16.6. The smallest absolute Gasteiger partial charge is 0.407 e. The molecule has 0 bridgehead atoms. The lowest BCUT2D eigenvalue weighted by atomic mass is 9.81. The molecule has 1 aromatic carbocycles. The minimum atomic E-state index is -0.634. The number of alkyl carbamates (subject to hydrolysis) is 2. The van der Waals surface area contributed by atoms with Gasteiger partial charge >= 0.3 is 12.2 Å². The molecular formula is C25H34N2O6. The number of hydrogen-bond donors (Lipinski definition) is 2. The fourth-order valence-corrected chi connectivity index (χ4v) is 3.38. The molecule has 1 aliphatic rings. The van der Waals surface area contributed by atoms with Crippen LogP contribution in [0.3, 0.4) is 0 Å². The molecule has 1 aliphatic carbocycles. The number of ketones is 2. The van der Waals surface area contributed by atoms with Gasteiger partial charge in [-0.3, -0.25) is 9.59 Å². The summed E-state index contributed by atoms with van der Waals surface area (Å²) in [4.78, 5) is 50.1. The predicted molar refractivity (Wildman–Crippen MR) is 124 cm³/mol. The summed E-state index contributed by atoms with van der Waals surface area (Å²) in [5, 5.41) is 5.30. The lowest BCUT2D eigenvalue weighted by Gasteiger charge is -2.23. The molecule has 0 aromatic heterocycles. The second kappa shape index (κ2) is 10.6. The molecule has 0 saturated carbocycles. The van der Waals surface area contributed by atoms with E-state index in [-0.39, 0.29) is 24.5 Å². The number of Topliss-reactive ketones (excluding diaryl/α,β-unsaturated/α-hetero) is 2. The van der Waals surface area contributed by atoms with Crippen LogP contribution >= 0.6 is 0 Å². The van der Waals surface area contributed by atoms with E-state index >= 15 is 0 Å². The molecule has 0 saturated heterocycles. The van der Waals surface area contributed by atoms with Crippen molar-refractivity contribution < 1.29 is 28.7 Å². The van der Waals surface area contributed by atoms with E-state index < -0.39 is 23.4 Å². The molecule has 0 heterocycles. The highest BCUT2D eigenvalue weighted by Gasteiger charge is 2.31. The first kappa shape index (κ1) is 26.1. The van der Waals surface area contributed by atoms with Crippen LogP contribution in [0.25, 0.3) is 0 Å². The number of carbonyl (C=O) groups excluding carboxylic acids is 4. The minimum Gasteiger partial charge on any atom is -0.444 e. The number of nitrogens with one attached hydrogen (secondary N) is 2. The van der Waals surface area contributed by atoms with E-state index in [0.29, 0.717) is 41.7 Å². The molecule has 2 amide bonds. The van der Waals surface area contributed by atoms with Crippen molar-refractivity contribution in [2.75, 3.05) is 13.1 Å². The van der Waals surface area contributed by atoms with Crippen molar-refractivity contribution in [2.45, 2.75) is 72.0 Å². The Morgan fingerprint density at radius 1 is 0.727 bits per heavy atom. The van der Waals surface area contributed by atoms with Gasteiger partial charge in [0.05, 0.1) is 0 Å². The van der Waals surface area contributed by atoms with E-state index in [9.17, 15) is 19.2 Å². The van der Waals surface area contributed by atoms with Crippen LogP contribution in [0.15, 0.2) is 35.4 Å². The van der Waals surface area contributed by atoms with Crippen molar-refractivity contribution >= 4 is 23.8 Å². The third-order valence-electron chi connectivity index (χ3n) is 4.64. The summed E-state index contributed by atoms with van der Waals surface area (Å²) in [6.45, 7) is 11.1. The second-order valence-electron chi connectivity index (χ2n) is 9.87. The zero-order chi connectivity index (χ0) is 24.8. The lowest BCUT2D eigenvalue weighted by molar-refractivity contribution is 0.0516. The van der Waals surface area contributed by atoms with E-state index in [1.54, 1.807) is 65.8 Å². The number of allylic oxidation sites excluding steroid dienone is 1. The maximum Gasteiger partial charge on any atom is 0.407 e. The standard InChI is InChI=1S/C25H34N2O6/c1-24(2,3)32-22(30)26-14-9-12-18-19(13-15-27-23(31)33-25(4,5)6)21(29)17-11-8-7-10-16(17)20(18)28/h7-8,10-11H,9,12-15H2,1-6H3,(H,26,30)(H,27,31). The molecule has 0 aliphatic heterocycles. The monoisotopic (exact) mass is 458 g/mol. The van der Waals surface area contributed by atoms with Gasteiger partial charge < -0.3 is 20.1 Å². The van der Waals surface area contributed by atoms with Gasteiger partial charge in [-0.05, 0) is 60.8 Å². The first-order valence-corrected chi connectivity index (χ1v) is 11.1. The van der Waals surface area contributed by atoms with Gasteiger partial charge in [0.15, 0.2) is 11.6 Å². The van der Waals surface area contributed by atoms with E-state index in [1.165, 1.54) is 0 Å². The van der Waals surface area contributed by atoms with Crippen LogP contribution in [0, 0.1) is 0 Å². The molecule has 2 N–H and O–H groups in total. The molecule has 0 radical (unpaired) electrons. The van der Waals surface area contributed by atoms with Crippen LogP contribution in [0.2, 0.25) is 0 Å². The molecule has 1 aromatic rings. The van der Waals surface area contributed by atoms with E-state index in [0.717, 1.165) is 0 Å². The van der Waals surface area contributed by atoms with Gasteiger partial charge in [-0.2, -0.15) is 0 Å². The summed E-state index contributed by atoms with van der Waals surface area (Å²) >= 11 is 0. The van der Waals surface area contributed by atoms with Crippen LogP contribution in [0.1, 0.15) is 81.5 Å². The number of amides is 2. The summed E-state index contributed by atoms with van der Waals surface area (Å²) in [5.41, 5.74) is 0.302. The molecule has 0 atom stereocenters. The first-order valence-electron chi connectivity index (χ1n) is 11.1. The van der Waals surface area contributed by atoms with E-state index in [2.05, 4.69) is 10.6 Å². The van der Waals surface area contributed by atoms with Crippen molar-refractivity contribution in [1.29, 1.82) is 0 Å². The normalized spacial score (nSPS) is 14.0. The number of fused-ring (bicyclic) bond motifs is 1. The van der Waals surface area contributed by atoms with E-state index in [4.69, 9.17) is 9.47 Å². The average molecular weight is 459 g/mol. The highest BCUT2D eigenvalue weighted by molar-refractivity contribution is 6.26. The van der Waals surface area contributed by atoms with Crippen molar-refractivity contribution in [1.82, 2.24) is 10.6 Å². The Balaban J connectivity index is 2.09. The SMILES string of the molecule is CC(C)(C)OC(=O)NCCCC1=C(CCNC(=O)OC(C)(C)C)C(=O)c2ccccc2C1=O. The third-order valence-corrected chi connectivity index (χ3v) is 4.64. The number of ether oxygens (including phenoxy) is 2. The number of benzene rings is 1. The topological polar surface area (TPSA) is 111 Å². The summed E-state index contributed by atoms with van der Waals surface area (Å²) in [7, 11) is 0. The molecule has 8 nitrogen and oxygen atoms in total. The maximum atomic E-state index is 13.1. The zero-order valence-electron chi connectivity index (χ0n) is 20.3. The summed E-state index contributed by atoms with van der Waals surface area (Å²) < 4.78 is 10.4. The Morgan fingerprint density at radius 3 is 1.61 bits per heavy atom. The van der Waals surface area contributed by atoms with Gasteiger partial charge in [-0.15, -0.1) is 0 Å². The molecule has 2 rings (SSSR count). The Labute approximate surface area is 195 Å². The molecular weight excluding hydrogens is 424 g/mol. The zero-order valence-corrected chi connectivity index (χ0v) is 20.3. The molecule has 33 heavy (non-hydrogen) atoms. The minimum absolute atomic E-state index is 0.158. The van der Waals surface area contributed by atoms with Gasteiger partial charge in [0.25, 0.3) is 0 Å². The van der Waals surface area contributed by atoms with Crippen LogP contribution in [0.4, 0.5) is 9.59 Å². The Hall–Kier alpha value is -3.16. The van der Waals surface area contributed by atoms with Crippen molar-refractivity contribution in [2.24, 2.45) is 0 Å². The summed E-state index contributed by atoms with van der Waals surface area (Å²) in [6, 6.07) is 6.72. The van der Waals surface area contributed by atoms with Gasteiger partial charge in [0, 0.05) is 35.4 Å². The fourth-order valence-electron chi connectivity index (χ4n) is 3.38. The second-order valence-corrected chi connectivity index (χ2v) is 9.87. The Kier molecular flexibility index (Phi) is 8.41. The number of hydrogen-bond acceptors (Lipinski definition) is 6. The van der Waals surface area contributed by atoms with Gasteiger partial charge in [0.2, 0.25) is 0 Å². The van der Waals surface area contributed by atoms with Crippen LogP contribution < -0.4 is 10.6 Å². The molecule has 0 spiro atoms. The summed E-state index contributed by atoms with van der Waals surface area (Å²) in [5.74, 6) is -0.416. The molecule has 0 fully saturated rings. The summed E-state index contributed by atoms with van der Waals surface area (Å²) in [6.07, 6.45) is -0.141. The quantitative estimate of drug-likeness (QED) is 0.579. The van der Waals surface area contributed by atoms with Crippen LogP contribution in [-0.2, 0) is 9.47 Å². The molecule has 0 unspecified atom stereocenters.